The molecule has 0 bridgehead atoms. The monoisotopic (exact) mass is 256 g/mol. The minimum absolute atomic E-state index is 0.238. The molecule has 1 aromatic heterocycles. The standard InChI is InChI=1S/C12H21ClN4/c1-7(2)9(8(3)4)5-15-11-10(13)6-16-12(14)17-11/h6-9H,5H2,1-4H3,(H3,14,15,16,17). The van der Waals surface area contributed by atoms with Gasteiger partial charge in [-0.05, 0) is 17.8 Å². The predicted octanol–water partition coefficient (Wildman–Crippen LogP) is 3.05. The molecule has 17 heavy (non-hydrogen) atoms. The molecule has 1 rings (SSSR count). The van der Waals surface area contributed by atoms with Crippen LogP contribution in [0.15, 0.2) is 6.20 Å². The lowest BCUT2D eigenvalue weighted by molar-refractivity contribution is 0.304. The van der Waals surface area contributed by atoms with Gasteiger partial charge in [0, 0.05) is 6.54 Å². The van der Waals surface area contributed by atoms with Crippen molar-refractivity contribution in [2.75, 3.05) is 17.6 Å². The Morgan fingerprint density at radius 3 is 2.41 bits per heavy atom. The van der Waals surface area contributed by atoms with E-state index in [2.05, 4.69) is 43.0 Å². The highest BCUT2D eigenvalue weighted by atomic mass is 35.5. The van der Waals surface area contributed by atoms with E-state index >= 15 is 0 Å². The van der Waals surface area contributed by atoms with E-state index in [9.17, 15) is 0 Å². The Kier molecular flexibility index (Phi) is 5.00. The Bertz CT molecular complexity index is 358. The second-order valence-electron chi connectivity index (χ2n) is 4.96. The number of nitrogen functional groups attached to an aromatic ring is 1. The molecule has 96 valence electrons. The fourth-order valence-corrected chi connectivity index (χ4v) is 2.12. The zero-order chi connectivity index (χ0) is 13.0. The van der Waals surface area contributed by atoms with E-state index in [4.69, 9.17) is 17.3 Å². The van der Waals surface area contributed by atoms with E-state index < -0.39 is 0 Å². The van der Waals surface area contributed by atoms with E-state index in [1.54, 1.807) is 0 Å². The molecule has 0 aliphatic carbocycles. The summed E-state index contributed by atoms with van der Waals surface area (Å²) in [5, 5.41) is 3.76. The molecular weight excluding hydrogens is 236 g/mol. The lowest BCUT2D eigenvalue weighted by Gasteiger charge is -2.25. The van der Waals surface area contributed by atoms with Gasteiger partial charge in [-0.2, -0.15) is 4.98 Å². The van der Waals surface area contributed by atoms with Crippen LogP contribution >= 0.6 is 11.6 Å². The van der Waals surface area contributed by atoms with Crippen LogP contribution in [0.2, 0.25) is 5.02 Å². The number of halogens is 1. The molecule has 0 aromatic carbocycles. The molecule has 4 nitrogen and oxygen atoms in total. The summed E-state index contributed by atoms with van der Waals surface area (Å²) in [6.07, 6.45) is 1.52. The molecule has 0 amide bonds. The average molecular weight is 257 g/mol. The first kappa shape index (κ1) is 14.0. The van der Waals surface area contributed by atoms with Crippen LogP contribution in [0.5, 0.6) is 0 Å². The molecule has 0 radical (unpaired) electrons. The number of rotatable bonds is 5. The average Bonchev–Trinajstić information content (AvgIpc) is 2.22. The van der Waals surface area contributed by atoms with Crippen molar-refractivity contribution in [2.45, 2.75) is 27.7 Å². The second-order valence-corrected chi connectivity index (χ2v) is 5.36. The summed E-state index contributed by atoms with van der Waals surface area (Å²) < 4.78 is 0. The van der Waals surface area contributed by atoms with Gasteiger partial charge in [-0.15, -0.1) is 0 Å². The van der Waals surface area contributed by atoms with Crippen LogP contribution in [-0.2, 0) is 0 Å². The van der Waals surface area contributed by atoms with Gasteiger partial charge in [0.1, 0.15) is 10.8 Å². The first-order chi connectivity index (χ1) is 7.91. The van der Waals surface area contributed by atoms with Crippen LogP contribution in [0.1, 0.15) is 27.7 Å². The number of hydrogen-bond donors (Lipinski definition) is 2. The SMILES string of the molecule is CC(C)C(CNc1nc(N)ncc1Cl)C(C)C. The molecular formula is C12H21ClN4. The maximum absolute atomic E-state index is 6.00. The quantitative estimate of drug-likeness (QED) is 0.850. The first-order valence-electron chi connectivity index (χ1n) is 5.93. The zero-order valence-electron chi connectivity index (χ0n) is 10.9. The van der Waals surface area contributed by atoms with E-state index in [1.165, 1.54) is 6.20 Å². The van der Waals surface area contributed by atoms with E-state index in [-0.39, 0.29) is 5.95 Å². The highest BCUT2D eigenvalue weighted by Crippen LogP contribution is 2.23. The number of nitrogens with one attached hydrogen (secondary N) is 1. The number of aromatic nitrogens is 2. The number of hydrogen-bond acceptors (Lipinski definition) is 4. The number of nitrogens with two attached hydrogens (primary N) is 1. The zero-order valence-corrected chi connectivity index (χ0v) is 11.6. The van der Waals surface area contributed by atoms with Gasteiger partial charge in [-0.25, -0.2) is 4.98 Å². The summed E-state index contributed by atoms with van der Waals surface area (Å²) in [7, 11) is 0. The molecule has 0 saturated heterocycles. The van der Waals surface area contributed by atoms with E-state index in [0.717, 1.165) is 6.54 Å². The summed E-state index contributed by atoms with van der Waals surface area (Å²) in [6, 6.07) is 0. The third-order valence-electron chi connectivity index (χ3n) is 2.98. The summed E-state index contributed by atoms with van der Waals surface area (Å²) in [6.45, 7) is 9.74. The highest BCUT2D eigenvalue weighted by Gasteiger charge is 2.17. The molecule has 0 spiro atoms. The van der Waals surface area contributed by atoms with Gasteiger partial charge in [-0.3, -0.25) is 0 Å². The maximum Gasteiger partial charge on any atom is 0.222 e. The van der Waals surface area contributed by atoms with Gasteiger partial charge in [0.2, 0.25) is 5.95 Å². The maximum atomic E-state index is 6.00. The Hall–Kier alpha value is -1.03. The largest absolute Gasteiger partial charge is 0.368 e. The van der Waals surface area contributed by atoms with Crippen molar-refractivity contribution >= 4 is 23.4 Å². The molecule has 0 unspecified atom stereocenters. The Morgan fingerprint density at radius 2 is 1.88 bits per heavy atom. The van der Waals surface area contributed by atoms with Crippen molar-refractivity contribution in [2.24, 2.45) is 17.8 Å². The van der Waals surface area contributed by atoms with Crippen LogP contribution in [0.4, 0.5) is 11.8 Å². The summed E-state index contributed by atoms with van der Waals surface area (Å²) >= 11 is 6.00. The normalized spacial score (nSPS) is 11.5. The molecule has 5 heteroatoms. The summed E-state index contributed by atoms with van der Waals surface area (Å²) in [5.41, 5.74) is 5.53. The van der Waals surface area contributed by atoms with Gasteiger partial charge >= 0.3 is 0 Å². The molecule has 0 atom stereocenters. The van der Waals surface area contributed by atoms with Crippen LogP contribution < -0.4 is 11.1 Å². The number of nitrogens with zero attached hydrogens (tertiary/aromatic N) is 2. The Labute approximate surface area is 108 Å². The summed E-state index contributed by atoms with van der Waals surface area (Å²) in [4.78, 5) is 7.92. The highest BCUT2D eigenvalue weighted by molar-refractivity contribution is 6.32. The van der Waals surface area contributed by atoms with Gasteiger partial charge < -0.3 is 11.1 Å². The topological polar surface area (TPSA) is 63.8 Å². The van der Waals surface area contributed by atoms with E-state index in [0.29, 0.717) is 28.6 Å². The first-order valence-corrected chi connectivity index (χ1v) is 6.31. The van der Waals surface area contributed by atoms with Crippen molar-refractivity contribution < 1.29 is 0 Å². The van der Waals surface area contributed by atoms with Gasteiger partial charge in [0.05, 0.1) is 6.20 Å². The fraction of sp³-hybridized carbons (Fsp3) is 0.667. The Morgan fingerprint density at radius 1 is 1.29 bits per heavy atom. The molecule has 0 fully saturated rings. The van der Waals surface area contributed by atoms with Crippen molar-refractivity contribution in [3.8, 4) is 0 Å². The van der Waals surface area contributed by atoms with Gasteiger partial charge in [0.25, 0.3) is 0 Å². The van der Waals surface area contributed by atoms with Crippen LogP contribution in [-0.4, -0.2) is 16.5 Å². The second kappa shape index (κ2) is 6.05. The molecule has 3 N–H and O–H groups in total. The molecule has 0 aliphatic heterocycles. The van der Waals surface area contributed by atoms with Crippen LogP contribution in [0, 0.1) is 17.8 Å². The van der Waals surface area contributed by atoms with E-state index in [1.807, 2.05) is 0 Å². The molecule has 0 saturated carbocycles. The predicted molar refractivity (Wildman–Crippen MR) is 73.1 cm³/mol. The van der Waals surface area contributed by atoms with Crippen LogP contribution in [0.3, 0.4) is 0 Å². The van der Waals surface area contributed by atoms with Crippen molar-refractivity contribution in [1.82, 2.24) is 9.97 Å². The third kappa shape index (κ3) is 4.04. The van der Waals surface area contributed by atoms with Crippen molar-refractivity contribution in [3.63, 3.8) is 0 Å². The fourth-order valence-electron chi connectivity index (χ4n) is 1.96. The van der Waals surface area contributed by atoms with Crippen LogP contribution in [0.25, 0.3) is 0 Å². The smallest absolute Gasteiger partial charge is 0.222 e. The van der Waals surface area contributed by atoms with Gasteiger partial charge in [-0.1, -0.05) is 39.3 Å². The lowest BCUT2D eigenvalue weighted by atomic mass is 9.85. The Balaban J connectivity index is 2.68. The molecule has 1 heterocycles. The van der Waals surface area contributed by atoms with Crippen molar-refractivity contribution in [1.29, 1.82) is 0 Å². The van der Waals surface area contributed by atoms with Gasteiger partial charge in [0.15, 0.2) is 0 Å². The molecule has 1 aromatic rings. The minimum atomic E-state index is 0.238. The molecule has 0 aliphatic rings. The third-order valence-corrected chi connectivity index (χ3v) is 3.26. The summed E-state index contributed by atoms with van der Waals surface area (Å²) in [5.74, 6) is 2.65. The minimum Gasteiger partial charge on any atom is -0.368 e. The lowest BCUT2D eigenvalue weighted by Crippen LogP contribution is -2.25. The number of anilines is 2. The van der Waals surface area contributed by atoms with Crippen molar-refractivity contribution in [3.05, 3.63) is 11.2 Å².